The van der Waals surface area contributed by atoms with Crippen molar-refractivity contribution in [1.82, 2.24) is 5.16 Å². The summed E-state index contributed by atoms with van der Waals surface area (Å²) in [6, 6.07) is 7.53. The zero-order chi connectivity index (χ0) is 16.8. The van der Waals surface area contributed by atoms with Crippen LogP contribution >= 0.6 is 0 Å². The number of amides is 2. The van der Waals surface area contributed by atoms with Crippen LogP contribution in [0.5, 0.6) is 0 Å². The third-order valence-corrected chi connectivity index (χ3v) is 3.48. The van der Waals surface area contributed by atoms with Gasteiger partial charge in [0.05, 0.1) is 0 Å². The highest BCUT2D eigenvalue weighted by atomic mass is 16.5. The van der Waals surface area contributed by atoms with E-state index in [0.29, 0.717) is 11.6 Å². The van der Waals surface area contributed by atoms with Crippen LogP contribution in [0.4, 0.5) is 11.5 Å². The predicted octanol–water partition coefficient (Wildman–Crippen LogP) is 3.08. The minimum atomic E-state index is -0.428. The van der Waals surface area contributed by atoms with Crippen molar-refractivity contribution >= 4 is 23.3 Å². The molecule has 0 aliphatic heterocycles. The second-order valence-electron chi connectivity index (χ2n) is 5.25. The molecule has 2 N–H and O–H groups in total. The minimum absolute atomic E-state index is 0.271. The van der Waals surface area contributed by atoms with Gasteiger partial charge in [-0.2, -0.15) is 0 Å². The second kappa shape index (κ2) is 7.58. The number of hydrogen-bond acceptors (Lipinski definition) is 4. The summed E-state index contributed by atoms with van der Waals surface area (Å²) >= 11 is 0. The molecule has 0 saturated heterocycles. The molecule has 122 valence electrons. The third kappa shape index (κ3) is 4.42. The zero-order valence-corrected chi connectivity index (χ0v) is 13.6. The van der Waals surface area contributed by atoms with E-state index >= 15 is 0 Å². The first-order valence-electron chi connectivity index (χ1n) is 7.67. The Bertz CT molecular complexity index is 685. The van der Waals surface area contributed by atoms with E-state index in [1.807, 2.05) is 32.0 Å². The van der Waals surface area contributed by atoms with E-state index in [0.717, 1.165) is 29.7 Å². The van der Waals surface area contributed by atoms with Crippen LogP contribution in [-0.4, -0.2) is 17.0 Å². The van der Waals surface area contributed by atoms with Gasteiger partial charge in [0.1, 0.15) is 12.2 Å². The molecule has 2 amide bonds. The van der Waals surface area contributed by atoms with Gasteiger partial charge in [-0.1, -0.05) is 37.2 Å². The number of benzene rings is 1. The Hall–Kier alpha value is -2.63. The standard InChI is InChI=1S/C17H21N3O3/c1-4-12-7-6-8-13(5-2)17(12)19-16(22)10-15(21)18-14-9-11(3)23-20-14/h6-9H,4-5,10H2,1-3H3,(H,19,22)(H,18,20,21). The van der Waals surface area contributed by atoms with Gasteiger partial charge in [-0.15, -0.1) is 0 Å². The number of rotatable bonds is 6. The van der Waals surface area contributed by atoms with Crippen LogP contribution in [0.25, 0.3) is 0 Å². The maximum atomic E-state index is 12.1. The summed E-state index contributed by atoms with van der Waals surface area (Å²) in [7, 11) is 0. The number of aromatic nitrogens is 1. The summed E-state index contributed by atoms with van der Waals surface area (Å²) in [5.41, 5.74) is 2.93. The topological polar surface area (TPSA) is 84.2 Å². The maximum absolute atomic E-state index is 12.1. The van der Waals surface area contributed by atoms with Crippen LogP contribution in [0, 0.1) is 6.92 Å². The van der Waals surface area contributed by atoms with Crippen LogP contribution < -0.4 is 10.6 Å². The second-order valence-corrected chi connectivity index (χ2v) is 5.25. The highest BCUT2D eigenvalue weighted by molar-refractivity contribution is 6.08. The fourth-order valence-electron chi connectivity index (χ4n) is 2.34. The van der Waals surface area contributed by atoms with E-state index in [9.17, 15) is 9.59 Å². The summed E-state index contributed by atoms with van der Waals surface area (Å²) in [6.45, 7) is 5.79. The summed E-state index contributed by atoms with van der Waals surface area (Å²) < 4.78 is 4.86. The van der Waals surface area contributed by atoms with Crippen molar-refractivity contribution in [3.05, 3.63) is 41.2 Å². The predicted molar refractivity (Wildman–Crippen MR) is 88.3 cm³/mol. The molecule has 0 fully saturated rings. The SMILES string of the molecule is CCc1cccc(CC)c1NC(=O)CC(=O)Nc1cc(C)on1. The number of para-hydroxylation sites is 1. The van der Waals surface area contributed by atoms with E-state index in [4.69, 9.17) is 4.52 Å². The lowest BCUT2D eigenvalue weighted by Crippen LogP contribution is -2.22. The summed E-state index contributed by atoms with van der Waals surface area (Å²) in [4.78, 5) is 24.0. The molecule has 6 nitrogen and oxygen atoms in total. The Labute approximate surface area is 135 Å². The Morgan fingerprint density at radius 2 is 1.70 bits per heavy atom. The molecule has 2 rings (SSSR count). The largest absolute Gasteiger partial charge is 0.360 e. The number of anilines is 2. The molecule has 1 aromatic carbocycles. The zero-order valence-electron chi connectivity index (χ0n) is 13.6. The van der Waals surface area contributed by atoms with Crippen molar-refractivity contribution in [3.8, 4) is 0 Å². The molecular formula is C17H21N3O3. The van der Waals surface area contributed by atoms with Gasteiger partial charge in [0.15, 0.2) is 5.82 Å². The van der Waals surface area contributed by atoms with Gasteiger partial charge in [0, 0.05) is 11.8 Å². The van der Waals surface area contributed by atoms with Crippen LogP contribution in [0.2, 0.25) is 0 Å². The highest BCUT2D eigenvalue weighted by Crippen LogP contribution is 2.22. The minimum Gasteiger partial charge on any atom is -0.360 e. The van der Waals surface area contributed by atoms with Gasteiger partial charge in [0.25, 0.3) is 0 Å². The third-order valence-electron chi connectivity index (χ3n) is 3.48. The molecule has 0 aliphatic rings. The lowest BCUT2D eigenvalue weighted by atomic mass is 10.0. The maximum Gasteiger partial charge on any atom is 0.235 e. The number of carbonyl (C=O) groups excluding carboxylic acids is 2. The van der Waals surface area contributed by atoms with Crippen molar-refractivity contribution in [1.29, 1.82) is 0 Å². The summed E-state index contributed by atoms with van der Waals surface area (Å²) in [5, 5.41) is 9.05. The molecule has 23 heavy (non-hydrogen) atoms. The molecule has 2 aromatic rings. The quantitative estimate of drug-likeness (QED) is 0.802. The number of aryl methyl sites for hydroxylation is 3. The lowest BCUT2D eigenvalue weighted by molar-refractivity contribution is -0.123. The van der Waals surface area contributed by atoms with Crippen molar-refractivity contribution in [2.24, 2.45) is 0 Å². The van der Waals surface area contributed by atoms with E-state index < -0.39 is 5.91 Å². The van der Waals surface area contributed by atoms with Crippen molar-refractivity contribution in [2.45, 2.75) is 40.0 Å². The first kappa shape index (κ1) is 16.7. The van der Waals surface area contributed by atoms with Gasteiger partial charge < -0.3 is 15.2 Å². The van der Waals surface area contributed by atoms with Gasteiger partial charge in [-0.05, 0) is 30.9 Å². The number of hydrogen-bond donors (Lipinski definition) is 2. The normalized spacial score (nSPS) is 10.4. The average molecular weight is 315 g/mol. The summed E-state index contributed by atoms with van der Waals surface area (Å²) in [6.07, 6.45) is 1.36. The van der Waals surface area contributed by atoms with E-state index in [1.165, 1.54) is 0 Å². The van der Waals surface area contributed by atoms with Crippen LogP contribution in [0.1, 0.15) is 37.2 Å². The fraction of sp³-hybridized carbons (Fsp3) is 0.353. The molecule has 1 aromatic heterocycles. The molecule has 0 bridgehead atoms. The van der Waals surface area contributed by atoms with Crippen molar-refractivity contribution in [3.63, 3.8) is 0 Å². The van der Waals surface area contributed by atoms with Gasteiger partial charge in [-0.25, -0.2) is 0 Å². The average Bonchev–Trinajstić information content (AvgIpc) is 2.92. The van der Waals surface area contributed by atoms with Crippen LogP contribution in [-0.2, 0) is 22.4 Å². The molecule has 0 unspecified atom stereocenters. The molecule has 0 atom stereocenters. The van der Waals surface area contributed by atoms with Crippen molar-refractivity contribution in [2.75, 3.05) is 10.6 Å². The monoisotopic (exact) mass is 315 g/mol. The van der Waals surface area contributed by atoms with Gasteiger partial charge in [-0.3, -0.25) is 9.59 Å². The fourth-order valence-corrected chi connectivity index (χ4v) is 2.34. The molecule has 1 heterocycles. The first-order valence-corrected chi connectivity index (χ1v) is 7.67. The Morgan fingerprint density at radius 1 is 1.09 bits per heavy atom. The Kier molecular flexibility index (Phi) is 5.51. The van der Waals surface area contributed by atoms with E-state index in [-0.39, 0.29) is 12.3 Å². The van der Waals surface area contributed by atoms with E-state index in [2.05, 4.69) is 15.8 Å². The summed E-state index contributed by atoms with van der Waals surface area (Å²) in [5.74, 6) is 0.124. The van der Waals surface area contributed by atoms with Crippen molar-refractivity contribution < 1.29 is 14.1 Å². The highest BCUT2D eigenvalue weighted by Gasteiger charge is 2.14. The Balaban J connectivity index is 2.00. The number of nitrogens with zero attached hydrogens (tertiary/aromatic N) is 1. The van der Waals surface area contributed by atoms with E-state index in [1.54, 1.807) is 13.0 Å². The molecule has 6 heteroatoms. The van der Waals surface area contributed by atoms with Gasteiger partial charge >= 0.3 is 0 Å². The number of carbonyl (C=O) groups is 2. The molecule has 0 spiro atoms. The number of nitrogens with one attached hydrogen (secondary N) is 2. The molecule has 0 aliphatic carbocycles. The molecule has 0 saturated carbocycles. The van der Waals surface area contributed by atoms with Gasteiger partial charge in [0.2, 0.25) is 11.8 Å². The van der Waals surface area contributed by atoms with Crippen LogP contribution in [0.15, 0.2) is 28.8 Å². The Morgan fingerprint density at radius 3 is 2.22 bits per heavy atom. The smallest absolute Gasteiger partial charge is 0.235 e. The molecular weight excluding hydrogens is 294 g/mol. The first-order chi connectivity index (χ1) is 11.0. The lowest BCUT2D eigenvalue weighted by Gasteiger charge is -2.14. The molecule has 0 radical (unpaired) electrons. The van der Waals surface area contributed by atoms with Crippen LogP contribution in [0.3, 0.4) is 0 Å².